The quantitative estimate of drug-likeness (QED) is 0.888. The van der Waals surface area contributed by atoms with E-state index in [0.29, 0.717) is 16.3 Å². The van der Waals surface area contributed by atoms with Crippen molar-refractivity contribution in [3.63, 3.8) is 0 Å². The summed E-state index contributed by atoms with van der Waals surface area (Å²) in [5.74, 6) is -0.0555. The number of thiophene rings is 1. The molecule has 1 N–H and O–H groups in total. The van der Waals surface area contributed by atoms with E-state index >= 15 is 0 Å². The van der Waals surface area contributed by atoms with Crippen molar-refractivity contribution in [1.29, 1.82) is 0 Å². The second-order valence-electron chi connectivity index (χ2n) is 3.70. The average molecular weight is 280 g/mol. The molecule has 2 rings (SSSR count). The van der Waals surface area contributed by atoms with Gasteiger partial charge < -0.3 is 5.32 Å². The molecular formula is C9H10ClNO3S2. The molecule has 16 heavy (non-hydrogen) atoms. The van der Waals surface area contributed by atoms with Crippen LogP contribution in [0.2, 0.25) is 5.02 Å². The zero-order valence-electron chi connectivity index (χ0n) is 8.27. The summed E-state index contributed by atoms with van der Waals surface area (Å²) < 4.78 is 22.4. The monoisotopic (exact) mass is 279 g/mol. The van der Waals surface area contributed by atoms with E-state index in [9.17, 15) is 13.2 Å². The van der Waals surface area contributed by atoms with E-state index in [0.717, 1.165) is 0 Å². The summed E-state index contributed by atoms with van der Waals surface area (Å²) in [5, 5.41) is 4.89. The molecule has 4 nitrogen and oxygen atoms in total. The molecule has 0 radical (unpaired) electrons. The molecule has 1 unspecified atom stereocenters. The highest BCUT2D eigenvalue weighted by Crippen LogP contribution is 2.20. The standard InChI is InChI=1S/C9H10ClNO3S2/c10-6-3-8(15-4-6)9(12)11-7-1-2-16(13,14)5-7/h3-4,7H,1-2,5H2,(H,11,12). The lowest BCUT2D eigenvalue weighted by Gasteiger charge is -2.08. The maximum absolute atomic E-state index is 11.7. The molecule has 1 aromatic heterocycles. The van der Waals surface area contributed by atoms with Crippen LogP contribution in [0.1, 0.15) is 16.1 Å². The predicted molar refractivity (Wildman–Crippen MR) is 63.9 cm³/mol. The average Bonchev–Trinajstić information content (AvgIpc) is 2.73. The Morgan fingerprint density at radius 1 is 1.56 bits per heavy atom. The minimum Gasteiger partial charge on any atom is -0.348 e. The second-order valence-corrected chi connectivity index (χ2v) is 7.28. The summed E-state index contributed by atoms with van der Waals surface area (Å²) in [6.45, 7) is 0. The molecule has 0 spiro atoms. The van der Waals surface area contributed by atoms with Gasteiger partial charge in [0.05, 0.1) is 21.4 Å². The third-order valence-corrected chi connectivity index (χ3v) is 5.40. The predicted octanol–water partition coefficient (Wildman–Crippen LogP) is 1.32. The largest absolute Gasteiger partial charge is 0.348 e. The lowest BCUT2D eigenvalue weighted by molar-refractivity contribution is 0.0945. The van der Waals surface area contributed by atoms with E-state index < -0.39 is 9.84 Å². The Bertz CT molecular complexity index is 509. The van der Waals surface area contributed by atoms with E-state index in [1.54, 1.807) is 11.4 Å². The number of hydrogen-bond donors (Lipinski definition) is 1. The second kappa shape index (κ2) is 4.35. The van der Waals surface area contributed by atoms with Crippen LogP contribution in [-0.4, -0.2) is 31.9 Å². The number of rotatable bonds is 2. The van der Waals surface area contributed by atoms with E-state index in [4.69, 9.17) is 11.6 Å². The summed E-state index contributed by atoms with van der Waals surface area (Å²) in [5.41, 5.74) is 0. The number of halogens is 1. The van der Waals surface area contributed by atoms with E-state index in [1.807, 2.05) is 0 Å². The fourth-order valence-electron chi connectivity index (χ4n) is 1.60. The van der Waals surface area contributed by atoms with Crippen molar-refractivity contribution < 1.29 is 13.2 Å². The van der Waals surface area contributed by atoms with Crippen molar-refractivity contribution in [3.05, 3.63) is 21.3 Å². The Labute approximate surface area is 103 Å². The number of amides is 1. The first-order valence-electron chi connectivity index (χ1n) is 4.71. The molecule has 0 aromatic carbocycles. The third kappa shape index (κ3) is 2.75. The highest BCUT2D eigenvalue weighted by molar-refractivity contribution is 7.91. The molecule has 1 fully saturated rings. The lowest BCUT2D eigenvalue weighted by Crippen LogP contribution is -2.35. The summed E-state index contributed by atoms with van der Waals surface area (Å²) in [6.07, 6.45) is 0.493. The van der Waals surface area contributed by atoms with Gasteiger partial charge in [-0.15, -0.1) is 11.3 Å². The molecule has 1 amide bonds. The summed E-state index contributed by atoms with van der Waals surface area (Å²) >= 11 is 6.95. The summed E-state index contributed by atoms with van der Waals surface area (Å²) in [7, 11) is -2.96. The van der Waals surface area contributed by atoms with Gasteiger partial charge in [-0.2, -0.15) is 0 Å². The van der Waals surface area contributed by atoms with Crippen LogP contribution in [0.5, 0.6) is 0 Å². The number of sulfone groups is 1. The van der Waals surface area contributed by atoms with E-state index in [2.05, 4.69) is 5.32 Å². The van der Waals surface area contributed by atoms with E-state index in [-0.39, 0.29) is 23.5 Å². The van der Waals surface area contributed by atoms with Gasteiger partial charge in [0, 0.05) is 11.4 Å². The van der Waals surface area contributed by atoms with Crippen molar-refractivity contribution in [1.82, 2.24) is 5.32 Å². The van der Waals surface area contributed by atoms with Crippen LogP contribution in [0.15, 0.2) is 11.4 Å². The molecule has 1 aromatic rings. The van der Waals surface area contributed by atoms with Gasteiger partial charge in [-0.25, -0.2) is 8.42 Å². The minimum atomic E-state index is -2.96. The van der Waals surface area contributed by atoms with Crippen molar-refractivity contribution in [3.8, 4) is 0 Å². The molecule has 1 aliphatic rings. The summed E-state index contributed by atoms with van der Waals surface area (Å²) in [4.78, 5) is 12.2. The molecular weight excluding hydrogens is 270 g/mol. The highest BCUT2D eigenvalue weighted by Gasteiger charge is 2.29. The van der Waals surface area contributed by atoms with E-state index in [1.165, 1.54) is 11.3 Å². The van der Waals surface area contributed by atoms with Crippen LogP contribution in [0.3, 0.4) is 0 Å². The normalized spacial score (nSPS) is 23.2. The fourth-order valence-corrected chi connectivity index (χ4v) is 4.25. The first kappa shape index (κ1) is 11.9. The van der Waals surface area contributed by atoms with Gasteiger partial charge in [0.1, 0.15) is 0 Å². The topological polar surface area (TPSA) is 63.2 Å². The first-order chi connectivity index (χ1) is 7.46. The highest BCUT2D eigenvalue weighted by atomic mass is 35.5. The maximum atomic E-state index is 11.7. The van der Waals surface area contributed by atoms with Gasteiger partial charge in [-0.1, -0.05) is 11.6 Å². The molecule has 0 aliphatic carbocycles. The van der Waals surface area contributed by atoms with Crippen molar-refractivity contribution in [2.75, 3.05) is 11.5 Å². The minimum absolute atomic E-state index is 0.0395. The number of nitrogens with one attached hydrogen (secondary N) is 1. The first-order valence-corrected chi connectivity index (χ1v) is 7.79. The Morgan fingerprint density at radius 3 is 2.81 bits per heavy atom. The van der Waals surface area contributed by atoms with Crippen LogP contribution in [-0.2, 0) is 9.84 Å². The SMILES string of the molecule is O=C(NC1CCS(=O)(=O)C1)c1cc(Cl)cs1. The van der Waals surface area contributed by atoms with Crippen LogP contribution in [0.4, 0.5) is 0 Å². The molecule has 0 saturated carbocycles. The third-order valence-electron chi connectivity index (χ3n) is 2.36. The fraction of sp³-hybridized carbons (Fsp3) is 0.444. The molecule has 1 aliphatic heterocycles. The number of carbonyl (C=O) groups is 1. The van der Waals surface area contributed by atoms with Gasteiger partial charge in [-0.05, 0) is 12.5 Å². The van der Waals surface area contributed by atoms with Crippen molar-refractivity contribution in [2.24, 2.45) is 0 Å². The van der Waals surface area contributed by atoms with Gasteiger partial charge in [0.2, 0.25) is 0 Å². The molecule has 1 atom stereocenters. The Hall–Kier alpha value is -0.590. The number of hydrogen-bond acceptors (Lipinski definition) is 4. The molecule has 88 valence electrons. The Balaban J connectivity index is 1.99. The number of carbonyl (C=O) groups excluding carboxylic acids is 1. The molecule has 0 bridgehead atoms. The zero-order valence-corrected chi connectivity index (χ0v) is 10.7. The van der Waals surface area contributed by atoms with Crippen LogP contribution < -0.4 is 5.32 Å². The molecule has 1 saturated heterocycles. The Kier molecular flexibility index (Phi) is 3.23. The van der Waals surface area contributed by atoms with Gasteiger partial charge >= 0.3 is 0 Å². The van der Waals surface area contributed by atoms with Gasteiger partial charge in [-0.3, -0.25) is 4.79 Å². The van der Waals surface area contributed by atoms with Crippen LogP contribution in [0, 0.1) is 0 Å². The molecule has 7 heteroatoms. The van der Waals surface area contributed by atoms with Crippen LogP contribution in [0.25, 0.3) is 0 Å². The van der Waals surface area contributed by atoms with Gasteiger partial charge in [0.15, 0.2) is 9.84 Å². The molecule has 2 heterocycles. The van der Waals surface area contributed by atoms with Crippen molar-refractivity contribution >= 4 is 38.7 Å². The smallest absolute Gasteiger partial charge is 0.261 e. The zero-order chi connectivity index (χ0) is 11.8. The summed E-state index contributed by atoms with van der Waals surface area (Å²) in [6, 6.07) is 1.31. The van der Waals surface area contributed by atoms with Crippen LogP contribution >= 0.6 is 22.9 Å². The maximum Gasteiger partial charge on any atom is 0.261 e. The lowest BCUT2D eigenvalue weighted by atomic mass is 10.2. The van der Waals surface area contributed by atoms with Crippen molar-refractivity contribution in [2.45, 2.75) is 12.5 Å². The van der Waals surface area contributed by atoms with Gasteiger partial charge in [0.25, 0.3) is 5.91 Å². The Morgan fingerprint density at radius 2 is 2.31 bits per heavy atom.